The highest BCUT2D eigenvalue weighted by atomic mass is 32.2. The van der Waals surface area contributed by atoms with Crippen molar-refractivity contribution in [3.63, 3.8) is 0 Å². The molecule has 1 aliphatic rings. The summed E-state index contributed by atoms with van der Waals surface area (Å²) < 4.78 is 47.8. The summed E-state index contributed by atoms with van der Waals surface area (Å²) in [5, 5.41) is 0. The Bertz CT molecular complexity index is 995. The number of halogens is 3. The lowest BCUT2D eigenvalue weighted by atomic mass is 9.93. The largest absolute Gasteiger partial charge is 0.469 e. The van der Waals surface area contributed by atoms with Gasteiger partial charge in [-0.1, -0.05) is 0 Å². The van der Waals surface area contributed by atoms with Gasteiger partial charge in [0.15, 0.2) is 0 Å². The van der Waals surface area contributed by atoms with Crippen LogP contribution in [-0.4, -0.2) is 35.1 Å². The second-order valence-corrected chi connectivity index (χ2v) is 7.28. The zero-order valence-corrected chi connectivity index (χ0v) is 15.6. The van der Waals surface area contributed by atoms with Gasteiger partial charge >= 0.3 is 11.9 Å². The van der Waals surface area contributed by atoms with E-state index in [1.807, 2.05) is 0 Å². The van der Waals surface area contributed by atoms with Crippen molar-refractivity contribution in [2.45, 2.75) is 30.1 Å². The Labute approximate surface area is 163 Å². The molecule has 1 aromatic heterocycles. The molecule has 0 amide bonds. The SMILES string of the molecule is [C-]#[N+]c1cc(-n2cc(SCCC(=O)OC)c3c2CCC(F)(F)C3=O)ccc1F. The fraction of sp³-hybridized carbons (Fsp3) is 0.316. The summed E-state index contributed by atoms with van der Waals surface area (Å²) in [6.45, 7) is 7.05. The van der Waals surface area contributed by atoms with Crippen LogP contribution in [0.15, 0.2) is 29.3 Å². The van der Waals surface area contributed by atoms with E-state index in [0.29, 0.717) is 16.3 Å². The van der Waals surface area contributed by atoms with Crippen molar-refractivity contribution < 1.29 is 27.5 Å². The second-order valence-electron chi connectivity index (χ2n) is 6.14. The molecule has 2 aromatic rings. The highest BCUT2D eigenvalue weighted by Crippen LogP contribution is 2.40. The maximum atomic E-state index is 14.0. The number of alkyl halides is 2. The fourth-order valence-electron chi connectivity index (χ4n) is 3.01. The first-order valence-electron chi connectivity index (χ1n) is 8.32. The second kappa shape index (κ2) is 7.72. The molecule has 0 aliphatic heterocycles. The van der Waals surface area contributed by atoms with E-state index in [0.717, 1.165) is 17.8 Å². The average molecular weight is 408 g/mol. The molecule has 1 aliphatic carbocycles. The monoisotopic (exact) mass is 408 g/mol. The van der Waals surface area contributed by atoms with Crippen LogP contribution in [0.5, 0.6) is 0 Å². The zero-order valence-electron chi connectivity index (χ0n) is 14.8. The molecule has 0 unspecified atom stereocenters. The first-order chi connectivity index (χ1) is 13.3. The molecule has 1 aromatic carbocycles. The Morgan fingerprint density at radius 1 is 1.43 bits per heavy atom. The summed E-state index contributed by atoms with van der Waals surface area (Å²) in [7, 11) is 1.25. The van der Waals surface area contributed by atoms with Gasteiger partial charge in [0.05, 0.1) is 25.7 Å². The Hall–Kier alpha value is -2.73. The van der Waals surface area contributed by atoms with Crippen molar-refractivity contribution in [3.8, 4) is 5.69 Å². The molecule has 0 atom stereocenters. The van der Waals surface area contributed by atoms with Crippen LogP contribution >= 0.6 is 11.8 Å². The number of esters is 1. The van der Waals surface area contributed by atoms with Gasteiger partial charge in [0, 0.05) is 34.6 Å². The molecule has 0 N–H and O–H groups in total. The number of benzene rings is 1. The van der Waals surface area contributed by atoms with Crippen molar-refractivity contribution in [1.82, 2.24) is 4.57 Å². The van der Waals surface area contributed by atoms with Gasteiger partial charge in [0.2, 0.25) is 11.5 Å². The third-order valence-corrected chi connectivity index (χ3v) is 5.46. The number of carbonyl (C=O) groups is 2. The van der Waals surface area contributed by atoms with Crippen molar-refractivity contribution >= 4 is 29.2 Å². The van der Waals surface area contributed by atoms with E-state index in [9.17, 15) is 22.8 Å². The minimum atomic E-state index is -3.46. The van der Waals surface area contributed by atoms with Crippen LogP contribution in [0, 0.1) is 12.4 Å². The highest BCUT2D eigenvalue weighted by molar-refractivity contribution is 7.99. The van der Waals surface area contributed by atoms with Crippen LogP contribution in [0.1, 0.15) is 28.9 Å². The van der Waals surface area contributed by atoms with E-state index in [1.165, 1.54) is 30.0 Å². The molecule has 146 valence electrons. The van der Waals surface area contributed by atoms with Crippen LogP contribution in [0.25, 0.3) is 10.5 Å². The van der Waals surface area contributed by atoms with Crippen LogP contribution in [0.2, 0.25) is 0 Å². The summed E-state index contributed by atoms with van der Waals surface area (Å²) in [6.07, 6.45) is 0.916. The van der Waals surface area contributed by atoms with Crippen molar-refractivity contribution in [1.29, 1.82) is 0 Å². The minimum absolute atomic E-state index is 0.0453. The smallest absolute Gasteiger partial charge is 0.310 e. The number of carbonyl (C=O) groups excluding carboxylic acids is 2. The number of aromatic nitrogens is 1. The molecular formula is C19H15F3N2O3S. The number of hydrogen-bond donors (Lipinski definition) is 0. The van der Waals surface area contributed by atoms with Crippen LogP contribution in [0.3, 0.4) is 0 Å². The van der Waals surface area contributed by atoms with Gasteiger partial charge in [0.1, 0.15) is 5.82 Å². The Morgan fingerprint density at radius 2 is 2.18 bits per heavy atom. The molecule has 0 saturated heterocycles. The predicted molar refractivity (Wildman–Crippen MR) is 96.9 cm³/mol. The van der Waals surface area contributed by atoms with E-state index in [4.69, 9.17) is 6.57 Å². The van der Waals surface area contributed by atoms with Gasteiger partial charge in [-0.3, -0.25) is 9.59 Å². The van der Waals surface area contributed by atoms with Crippen molar-refractivity contribution in [3.05, 3.63) is 52.9 Å². The number of methoxy groups -OCH3 is 1. The number of hydrogen-bond acceptors (Lipinski definition) is 4. The number of thioether (sulfide) groups is 1. The normalized spacial score (nSPS) is 15.0. The summed E-state index contributed by atoms with van der Waals surface area (Å²) in [4.78, 5) is 27.1. The van der Waals surface area contributed by atoms with Crippen LogP contribution < -0.4 is 0 Å². The third-order valence-electron chi connectivity index (χ3n) is 4.43. The van der Waals surface area contributed by atoms with E-state index in [2.05, 4.69) is 9.58 Å². The van der Waals surface area contributed by atoms with E-state index in [-0.39, 0.29) is 29.8 Å². The summed E-state index contributed by atoms with van der Waals surface area (Å²) in [6, 6.07) is 3.85. The molecule has 0 spiro atoms. The summed E-state index contributed by atoms with van der Waals surface area (Å²) in [5.74, 6) is -5.60. The third kappa shape index (κ3) is 3.64. The minimum Gasteiger partial charge on any atom is -0.469 e. The molecule has 1 heterocycles. The molecule has 9 heteroatoms. The molecule has 3 rings (SSSR count). The zero-order chi connectivity index (χ0) is 20.5. The van der Waals surface area contributed by atoms with Gasteiger partial charge in [-0.05, 0) is 24.6 Å². The highest BCUT2D eigenvalue weighted by Gasteiger charge is 2.46. The quantitative estimate of drug-likeness (QED) is 0.413. The molecular weight excluding hydrogens is 393 g/mol. The van der Waals surface area contributed by atoms with Crippen LogP contribution in [0.4, 0.5) is 18.9 Å². The van der Waals surface area contributed by atoms with E-state index in [1.54, 1.807) is 0 Å². The molecule has 0 bridgehead atoms. The average Bonchev–Trinajstić information content (AvgIpc) is 3.04. The van der Waals surface area contributed by atoms with Gasteiger partial charge in [-0.15, -0.1) is 11.8 Å². The van der Waals surface area contributed by atoms with E-state index < -0.39 is 29.9 Å². The van der Waals surface area contributed by atoms with Gasteiger partial charge in [0.25, 0.3) is 0 Å². The molecule has 28 heavy (non-hydrogen) atoms. The topological polar surface area (TPSA) is 52.7 Å². The first kappa shape index (κ1) is 20.0. The Kier molecular flexibility index (Phi) is 5.52. The van der Waals surface area contributed by atoms with Gasteiger partial charge < -0.3 is 9.30 Å². The molecule has 0 radical (unpaired) electrons. The van der Waals surface area contributed by atoms with Crippen LogP contribution in [-0.2, 0) is 16.0 Å². The maximum absolute atomic E-state index is 14.0. The molecule has 5 nitrogen and oxygen atoms in total. The lowest BCUT2D eigenvalue weighted by Crippen LogP contribution is -2.34. The number of ether oxygens (including phenoxy) is 1. The standard InChI is InChI=1S/C19H15F3N2O3S/c1-23-13-9-11(3-4-12(13)20)24-10-15(28-8-6-16(25)27-2)17-14(24)5-7-19(21,22)18(17)26/h3-4,9-10H,5-8H2,2H3. The van der Waals surface area contributed by atoms with Crippen molar-refractivity contribution in [2.75, 3.05) is 12.9 Å². The maximum Gasteiger partial charge on any atom is 0.310 e. The molecule has 0 saturated carbocycles. The first-order valence-corrected chi connectivity index (χ1v) is 9.31. The molecule has 0 fully saturated rings. The lowest BCUT2D eigenvalue weighted by molar-refractivity contribution is -0.140. The van der Waals surface area contributed by atoms with E-state index >= 15 is 0 Å². The van der Waals surface area contributed by atoms with Gasteiger partial charge in [-0.2, -0.15) is 8.78 Å². The lowest BCUT2D eigenvalue weighted by Gasteiger charge is -2.22. The fourth-order valence-corrected chi connectivity index (χ4v) is 4.03. The summed E-state index contributed by atoms with van der Waals surface area (Å²) in [5.41, 5.74) is 0.507. The number of nitrogens with zero attached hydrogens (tertiary/aromatic N) is 2. The van der Waals surface area contributed by atoms with Crippen molar-refractivity contribution in [2.24, 2.45) is 0 Å². The number of rotatable bonds is 5. The summed E-state index contributed by atoms with van der Waals surface area (Å²) >= 11 is 1.10. The number of ketones is 1. The Balaban J connectivity index is 2.05. The number of fused-ring (bicyclic) bond motifs is 1. The predicted octanol–water partition coefficient (Wildman–Crippen LogP) is 4.59. The van der Waals surface area contributed by atoms with Gasteiger partial charge in [-0.25, -0.2) is 9.24 Å². The number of Topliss-reactive ketones (excluding diaryl/α,β-unsaturated/α-hetero) is 1. The Morgan fingerprint density at radius 3 is 2.86 bits per heavy atom.